The van der Waals surface area contributed by atoms with Crippen LogP contribution in [0.5, 0.6) is 0 Å². The number of nitrogens with zero attached hydrogens (tertiary/aromatic N) is 2. The lowest BCUT2D eigenvalue weighted by atomic mass is 10.4. The zero-order valence-corrected chi connectivity index (χ0v) is 13.0. The molecule has 1 saturated heterocycles. The van der Waals surface area contributed by atoms with Gasteiger partial charge < -0.3 is 15.5 Å². The van der Waals surface area contributed by atoms with Crippen LogP contribution >= 0.6 is 24.0 Å². The summed E-state index contributed by atoms with van der Waals surface area (Å²) >= 11 is 0. The van der Waals surface area contributed by atoms with Gasteiger partial charge in [0.1, 0.15) is 6.54 Å². The van der Waals surface area contributed by atoms with E-state index in [4.69, 9.17) is 0 Å². The highest BCUT2D eigenvalue weighted by atomic mass is 127. The Kier molecular flexibility index (Phi) is 9.20. The van der Waals surface area contributed by atoms with Crippen LogP contribution in [0.4, 0.5) is 0 Å². The maximum atomic E-state index is 11.3. The number of nitrogens with one attached hydrogen (secondary N) is 2. The third-order valence-corrected chi connectivity index (χ3v) is 2.49. The maximum absolute atomic E-state index is 11.3. The molecule has 2 N–H and O–H groups in total. The van der Waals surface area contributed by atoms with Gasteiger partial charge in [0.25, 0.3) is 0 Å². The van der Waals surface area contributed by atoms with Crippen LogP contribution in [0.25, 0.3) is 0 Å². The highest BCUT2D eigenvalue weighted by Crippen LogP contribution is 2.07. The van der Waals surface area contributed by atoms with Crippen molar-refractivity contribution in [1.82, 2.24) is 15.5 Å². The number of likely N-dealkylation sites (tertiary alicyclic amines) is 1. The third-order valence-electron chi connectivity index (χ3n) is 2.49. The van der Waals surface area contributed by atoms with E-state index < -0.39 is 0 Å². The van der Waals surface area contributed by atoms with Gasteiger partial charge in [0.15, 0.2) is 5.96 Å². The maximum Gasteiger partial charge on any atom is 0.241 e. The van der Waals surface area contributed by atoms with Crippen molar-refractivity contribution >= 4 is 35.8 Å². The molecule has 1 aliphatic heterocycles. The van der Waals surface area contributed by atoms with Crippen LogP contribution in [0.3, 0.4) is 0 Å². The molecule has 0 unspecified atom stereocenters. The summed E-state index contributed by atoms with van der Waals surface area (Å²) in [4.78, 5) is 17.8. The van der Waals surface area contributed by atoms with Crippen LogP contribution in [-0.2, 0) is 4.79 Å². The van der Waals surface area contributed by atoms with Crippen molar-refractivity contribution in [2.45, 2.75) is 26.7 Å². The van der Waals surface area contributed by atoms with E-state index in [0.717, 1.165) is 25.6 Å². The minimum Gasteiger partial charge on any atom is -0.357 e. The van der Waals surface area contributed by atoms with Gasteiger partial charge in [-0.15, -0.1) is 24.0 Å². The van der Waals surface area contributed by atoms with E-state index in [1.807, 2.05) is 13.8 Å². The highest BCUT2D eigenvalue weighted by molar-refractivity contribution is 14.0. The van der Waals surface area contributed by atoms with Crippen molar-refractivity contribution in [3.8, 4) is 0 Å². The van der Waals surface area contributed by atoms with Gasteiger partial charge in [0.05, 0.1) is 0 Å². The van der Waals surface area contributed by atoms with Gasteiger partial charge in [-0.25, -0.2) is 4.99 Å². The van der Waals surface area contributed by atoms with Gasteiger partial charge in [-0.1, -0.05) is 0 Å². The quantitative estimate of drug-likeness (QED) is 0.446. The predicted octanol–water partition coefficient (Wildman–Crippen LogP) is 0.802. The van der Waals surface area contributed by atoms with Crippen molar-refractivity contribution in [2.24, 2.45) is 4.99 Å². The summed E-state index contributed by atoms with van der Waals surface area (Å²) in [6.07, 6.45) is 2.43. The first-order valence-corrected chi connectivity index (χ1v) is 6.07. The monoisotopic (exact) mass is 354 g/mol. The Hall–Kier alpha value is -0.530. The van der Waals surface area contributed by atoms with Crippen LogP contribution in [-0.4, -0.2) is 49.5 Å². The van der Waals surface area contributed by atoms with Crippen LogP contribution in [0.2, 0.25) is 0 Å². The first kappa shape index (κ1) is 16.5. The number of amides is 1. The van der Waals surface area contributed by atoms with E-state index in [1.165, 1.54) is 12.8 Å². The molecule has 100 valence electrons. The number of rotatable bonds is 4. The zero-order chi connectivity index (χ0) is 11.8. The minimum atomic E-state index is -0.0166. The number of carbonyl (C=O) groups excluding carboxylic acids is 1. The number of aliphatic imine (C=N–C) groups is 1. The average Bonchev–Trinajstić information content (AvgIpc) is 2.78. The van der Waals surface area contributed by atoms with Crippen LogP contribution in [0.15, 0.2) is 4.99 Å². The number of halogens is 1. The predicted molar refractivity (Wildman–Crippen MR) is 80.9 cm³/mol. The Bertz CT molecular complexity index is 252. The topological polar surface area (TPSA) is 56.7 Å². The largest absolute Gasteiger partial charge is 0.357 e. The van der Waals surface area contributed by atoms with Crippen LogP contribution in [0, 0.1) is 0 Å². The molecule has 17 heavy (non-hydrogen) atoms. The molecule has 0 aromatic carbocycles. The molecule has 0 bridgehead atoms. The van der Waals surface area contributed by atoms with Gasteiger partial charge in [-0.3, -0.25) is 4.79 Å². The molecule has 6 heteroatoms. The second kappa shape index (κ2) is 9.49. The van der Waals surface area contributed by atoms with Crippen molar-refractivity contribution in [2.75, 3.05) is 32.7 Å². The summed E-state index contributed by atoms with van der Waals surface area (Å²) in [5.74, 6) is 0.850. The molecule has 0 atom stereocenters. The summed E-state index contributed by atoms with van der Waals surface area (Å²) in [6, 6.07) is 0. The number of hydrogen-bond acceptors (Lipinski definition) is 2. The van der Waals surface area contributed by atoms with Crippen molar-refractivity contribution in [3.05, 3.63) is 0 Å². The molecule has 0 spiro atoms. The van der Waals surface area contributed by atoms with Gasteiger partial charge in [0.2, 0.25) is 5.91 Å². The molecule has 0 aromatic heterocycles. The summed E-state index contributed by atoms with van der Waals surface area (Å²) in [5.41, 5.74) is 0. The van der Waals surface area contributed by atoms with E-state index in [2.05, 4.69) is 20.5 Å². The highest BCUT2D eigenvalue weighted by Gasteiger charge is 2.15. The van der Waals surface area contributed by atoms with Crippen molar-refractivity contribution in [1.29, 1.82) is 0 Å². The van der Waals surface area contributed by atoms with Crippen molar-refractivity contribution in [3.63, 3.8) is 0 Å². The minimum absolute atomic E-state index is 0. The molecule has 0 saturated carbocycles. The lowest BCUT2D eigenvalue weighted by Gasteiger charge is -2.20. The van der Waals surface area contributed by atoms with Gasteiger partial charge >= 0.3 is 0 Å². The number of guanidine groups is 1. The van der Waals surface area contributed by atoms with Gasteiger partial charge in [-0.2, -0.15) is 0 Å². The molecule has 5 nitrogen and oxygen atoms in total. The summed E-state index contributed by atoms with van der Waals surface area (Å²) < 4.78 is 0. The molecular formula is C11H23IN4O. The van der Waals surface area contributed by atoms with Gasteiger partial charge in [-0.05, 0) is 26.7 Å². The Morgan fingerprint density at radius 3 is 2.29 bits per heavy atom. The molecule has 1 heterocycles. The Balaban J connectivity index is 0.00000256. The van der Waals surface area contributed by atoms with E-state index in [-0.39, 0.29) is 36.4 Å². The number of carbonyl (C=O) groups is 1. The fraction of sp³-hybridized carbons (Fsp3) is 0.818. The summed E-state index contributed by atoms with van der Waals surface area (Å²) in [5, 5.41) is 5.96. The lowest BCUT2D eigenvalue weighted by Crippen LogP contribution is -2.40. The van der Waals surface area contributed by atoms with Gasteiger partial charge in [0, 0.05) is 26.2 Å². The molecular weight excluding hydrogens is 331 g/mol. The second-order valence-corrected chi connectivity index (χ2v) is 3.82. The smallest absolute Gasteiger partial charge is 0.241 e. The standard InChI is InChI=1S/C11H22N4O.HI/c1-3-12-10(16)9-14-11(13-4-2)15-7-5-6-8-15;/h3-9H2,1-2H3,(H,12,16)(H,13,14);1H. The second-order valence-electron chi connectivity index (χ2n) is 3.82. The van der Waals surface area contributed by atoms with Crippen molar-refractivity contribution < 1.29 is 4.79 Å². The zero-order valence-electron chi connectivity index (χ0n) is 10.7. The average molecular weight is 354 g/mol. The number of hydrogen-bond donors (Lipinski definition) is 2. The van der Waals surface area contributed by atoms with E-state index in [1.54, 1.807) is 0 Å². The fourth-order valence-electron chi connectivity index (χ4n) is 1.75. The van der Waals surface area contributed by atoms with E-state index in [9.17, 15) is 4.79 Å². The first-order chi connectivity index (χ1) is 7.77. The third kappa shape index (κ3) is 6.09. The first-order valence-electron chi connectivity index (χ1n) is 6.07. The Labute approximate surface area is 120 Å². The summed E-state index contributed by atoms with van der Waals surface area (Å²) in [6.45, 7) is 7.75. The fourth-order valence-corrected chi connectivity index (χ4v) is 1.75. The molecule has 1 amide bonds. The van der Waals surface area contributed by atoms with E-state index >= 15 is 0 Å². The molecule has 0 aliphatic carbocycles. The lowest BCUT2D eigenvalue weighted by molar-refractivity contribution is -0.119. The normalized spacial score (nSPS) is 15.4. The van der Waals surface area contributed by atoms with E-state index in [0.29, 0.717) is 6.54 Å². The Morgan fingerprint density at radius 1 is 1.18 bits per heavy atom. The van der Waals surface area contributed by atoms with Crippen LogP contribution in [0.1, 0.15) is 26.7 Å². The molecule has 0 radical (unpaired) electrons. The molecule has 1 rings (SSSR count). The molecule has 1 fully saturated rings. The van der Waals surface area contributed by atoms with Crippen LogP contribution < -0.4 is 10.6 Å². The summed E-state index contributed by atoms with van der Waals surface area (Å²) in [7, 11) is 0. The molecule has 1 aliphatic rings. The Morgan fingerprint density at radius 2 is 1.76 bits per heavy atom. The number of likely N-dealkylation sites (N-methyl/N-ethyl adjacent to an activating group) is 1. The SMILES string of the molecule is CCNC(=O)CN=C(NCC)N1CCCC1.I. The molecule has 0 aromatic rings.